The number of Topliss-reactive ketones (excluding diaryl/α,β-unsaturated/α-hetero) is 1. The van der Waals surface area contributed by atoms with Crippen LogP contribution in [0, 0.1) is 13.8 Å². The molecule has 0 radical (unpaired) electrons. The number of ketones is 1. The largest absolute Gasteiger partial charge is 0.479 e. The van der Waals surface area contributed by atoms with Crippen LogP contribution in [0.1, 0.15) is 33.0 Å². The molecule has 116 valence electrons. The first-order valence-corrected chi connectivity index (χ1v) is 7.29. The van der Waals surface area contributed by atoms with Crippen LogP contribution >= 0.6 is 11.3 Å². The van der Waals surface area contributed by atoms with Crippen molar-refractivity contribution < 1.29 is 24.2 Å². The SMILES string of the molecule is COC(CNC(=O)CCC(=O)c1cc(C)sc1C)C(=O)O. The van der Waals surface area contributed by atoms with Crippen LogP contribution in [0.2, 0.25) is 0 Å². The summed E-state index contributed by atoms with van der Waals surface area (Å²) in [7, 11) is 1.26. The third kappa shape index (κ3) is 5.28. The fourth-order valence-corrected chi connectivity index (χ4v) is 2.78. The minimum atomic E-state index is -1.14. The fourth-order valence-electron chi connectivity index (χ4n) is 1.84. The van der Waals surface area contributed by atoms with Crippen LogP contribution in [-0.4, -0.2) is 42.5 Å². The number of ether oxygens (including phenoxy) is 1. The molecule has 0 bridgehead atoms. The quantitative estimate of drug-likeness (QED) is 0.710. The van der Waals surface area contributed by atoms with Gasteiger partial charge in [-0.25, -0.2) is 4.79 Å². The van der Waals surface area contributed by atoms with E-state index in [-0.39, 0.29) is 31.1 Å². The molecule has 6 nitrogen and oxygen atoms in total. The van der Waals surface area contributed by atoms with E-state index in [2.05, 4.69) is 5.32 Å². The van der Waals surface area contributed by atoms with Crippen molar-refractivity contribution in [2.24, 2.45) is 0 Å². The van der Waals surface area contributed by atoms with Crippen LogP contribution in [0.4, 0.5) is 0 Å². The molecule has 1 heterocycles. The van der Waals surface area contributed by atoms with Crippen LogP contribution in [0.25, 0.3) is 0 Å². The number of thiophene rings is 1. The molecule has 0 aliphatic heterocycles. The van der Waals surface area contributed by atoms with Gasteiger partial charge < -0.3 is 15.2 Å². The van der Waals surface area contributed by atoms with Crippen molar-refractivity contribution in [2.75, 3.05) is 13.7 Å². The number of amides is 1. The summed E-state index contributed by atoms with van der Waals surface area (Å²) < 4.78 is 4.70. The summed E-state index contributed by atoms with van der Waals surface area (Å²) in [6, 6.07) is 1.83. The molecule has 0 saturated carbocycles. The maximum absolute atomic E-state index is 12.0. The Hall–Kier alpha value is -1.73. The van der Waals surface area contributed by atoms with E-state index in [4.69, 9.17) is 9.84 Å². The molecule has 1 amide bonds. The average Bonchev–Trinajstić information content (AvgIpc) is 2.75. The smallest absolute Gasteiger partial charge is 0.334 e. The van der Waals surface area contributed by atoms with Crippen LogP contribution < -0.4 is 5.32 Å². The predicted octanol–water partition coefficient (Wildman–Crippen LogP) is 1.54. The van der Waals surface area contributed by atoms with Gasteiger partial charge in [0.15, 0.2) is 11.9 Å². The van der Waals surface area contributed by atoms with Crippen molar-refractivity contribution in [3.05, 3.63) is 21.4 Å². The van der Waals surface area contributed by atoms with E-state index < -0.39 is 12.1 Å². The zero-order valence-electron chi connectivity index (χ0n) is 12.3. The number of carbonyl (C=O) groups is 3. The molecular formula is C14H19NO5S. The lowest BCUT2D eigenvalue weighted by Crippen LogP contribution is -2.37. The number of nitrogens with one attached hydrogen (secondary N) is 1. The number of aryl methyl sites for hydroxylation is 2. The van der Waals surface area contributed by atoms with Crippen LogP contribution in [0.15, 0.2) is 6.07 Å². The predicted molar refractivity (Wildman–Crippen MR) is 78.8 cm³/mol. The highest BCUT2D eigenvalue weighted by molar-refractivity contribution is 7.12. The molecule has 0 fully saturated rings. The highest BCUT2D eigenvalue weighted by Gasteiger charge is 2.18. The molecule has 2 N–H and O–H groups in total. The Morgan fingerprint density at radius 1 is 1.33 bits per heavy atom. The maximum atomic E-state index is 12.0. The Bertz CT molecular complexity index is 537. The van der Waals surface area contributed by atoms with Crippen molar-refractivity contribution in [1.29, 1.82) is 0 Å². The molecule has 0 aliphatic carbocycles. The first-order chi connectivity index (χ1) is 9.85. The molecule has 0 aliphatic rings. The Morgan fingerprint density at radius 2 is 2.00 bits per heavy atom. The van der Waals surface area contributed by atoms with Gasteiger partial charge in [0.25, 0.3) is 0 Å². The third-order valence-corrected chi connectivity index (χ3v) is 3.93. The van der Waals surface area contributed by atoms with Crippen molar-refractivity contribution in [3.63, 3.8) is 0 Å². The molecule has 0 saturated heterocycles. The first-order valence-electron chi connectivity index (χ1n) is 6.47. The van der Waals surface area contributed by atoms with Crippen molar-refractivity contribution in [3.8, 4) is 0 Å². The summed E-state index contributed by atoms with van der Waals surface area (Å²) in [5, 5.41) is 11.2. The highest BCUT2D eigenvalue weighted by Crippen LogP contribution is 2.22. The normalized spacial score (nSPS) is 12.0. The Balaban J connectivity index is 2.41. The molecule has 21 heavy (non-hydrogen) atoms. The average molecular weight is 313 g/mol. The van der Waals surface area contributed by atoms with Crippen molar-refractivity contribution >= 4 is 29.0 Å². The number of carboxylic acid groups (broad SMARTS) is 1. The van der Waals surface area contributed by atoms with Gasteiger partial charge in [0.1, 0.15) is 0 Å². The summed E-state index contributed by atoms with van der Waals surface area (Å²) in [5.74, 6) is -1.58. The van der Waals surface area contributed by atoms with Gasteiger partial charge in [-0.2, -0.15) is 0 Å². The van der Waals surface area contributed by atoms with E-state index in [0.29, 0.717) is 5.56 Å². The van der Waals surface area contributed by atoms with Gasteiger partial charge in [-0.05, 0) is 19.9 Å². The lowest BCUT2D eigenvalue weighted by Gasteiger charge is -2.11. The summed E-state index contributed by atoms with van der Waals surface area (Å²) in [4.78, 5) is 36.3. The lowest BCUT2D eigenvalue weighted by molar-refractivity contribution is -0.148. The number of hydrogen-bond acceptors (Lipinski definition) is 5. The van der Waals surface area contributed by atoms with E-state index in [1.807, 2.05) is 19.9 Å². The third-order valence-electron chi connectivity index (χ3n) is 2.97. The van der Waals surface area contributed by atoms with Gasteiger partial charge in [0, 0.05) is 35.3 Å². The molecule has 7 heteroatoms. The first kappa shape index (κ1) is 17.3. The summed E-state index contributed by atoms with van der Waals surface area (Å²) in [5.41, 5.74) is 0.658. The van der Waals surface area contributed by atoms with Gasteiger partial charge in [-0.1, -0.05) is 0 Å². The second kappa shape index (κ2) is 7.90. The molecule has 0 aromatic carbocycles. The zero-order chi connectivity index (χ0) is 16.0. The zero-order valence-corrected chi connectivity index (χ0v) is 13.1. The van der Waals surface area contributed by atoms with Crippen molar-refractivity contribution in [2.45, 2.75) is 32.8 Å². The van der Waals surface area contributed by atoms with E-state index in [9.17, 15) is 14.4 Å². The van der Waals surface area contributed by atoms with E-state index in [1.165, 1.54) is 7.11 Å². The molecule has 1 atom stereocenters. The fraction of sp³-hybridized carbons (Fsp3) is 0.500. The van der Waals surface area contributed by atoms with E-state index in [0.717, 1.165) is 9.75 Å². The van der Waals surface area contributed by atoms with Crippen LogP contribution in [-0.2, 0) is 14.3 Å². The number of aliphatic carboxylic acids is 1. The van der Waals surface area contributed by atoms with Gasteiger partial charge >= 0.3 is 5.97 Å². The Kier molecular flexibility index (Phi) is 6.51. The number of methoxy groups -OCH3 is 1. The van der Waals surface area contributed by atoms with Gasteiger partial charge in [0.05, 0.1) is 6.54 Å². The van der Waals surface area contributed by atoms with Gasteiger partial charge in [-0.3, -0.25) is 9.59 Å². The lowest BCUT2D eigenvalue weighted by atomic mass is 10.1. The summed E-state index contributed by atoms with van der Waals surface area (Å²) >= 11 is 1.55. The molecular weight excluding hydrogens is 294 g/mol. The number of carboxylic acids is 1. The topological polar surface area (TPSA) is 92.7 Å². The summed E-state index contributed by atoms with van der Waals surface area (Å²) in [6.45, 7) is 3.69. The minimum absolute atomic E-state index is 0.0310. The molecule has 0 spiro atoms. The minimum Gasteiger partial charge on any atom is -0.479 e. The maximum Gasteiger partial charge on any atom is 0.334 e. The van der Waals surface area contributed by atoms with Gasteiger partial charge in [0.2, 0.25) is 5.91 Å². The van der Waals surface area contributed by atoms with Crippen LogP contribution in [0.5, 0.6) is 0 Å². The number of hydrogen-bond donors (Lipinski definition) is 2. The van der Waals surface area contributed by atoms with E-state index >= 15 is 0 Å². The summed E-state index contributed by atoms with van der Waals surface area (Å²) in [6.07, 6.45) is -0.942. The van der Waals surface area contributed by atoms with Crippen LogP contribution in [0.3, 0.4) is 0 Å². The molecule has 1 aromatic rings. The second-order valence-corrected chi connectivity index (χ2v) is 6.08. The molecule has 1 unspecified atom stereocenters. The monoisotopic (exact) mass is 313 g/mol. The highest BCUT2D eigenvalue weighted by atomic mass is 32.1. The Morgan fingerprint density at radius 3 is 2.48 bits per heavy atom. The Labute approximate surface area is 127 Å². The number of rotatable bonds is 8. The molecule has 1 rings (SSSR count). The van der Waals surface area contributed by atoms with Gasteiger partial charge in [-0.15, -0.1) is 11.3 Å². The molecule has 1 aromatic heterocycles. The van der Waals surface area contributed by atoms with E-state index in [1.54, 1.807) is 11.3 Å². The second-order valence-electron chi connectivity index (χ2n) is 4.62. The standard InChI is InChI=1S/C14H19NO5S/c1-8-6-10(9(2)21-8)11(16)4-5-13(17)15-7-12(20-3)14(18)19/h6,12H,4-5,7H2,1-3H3,(H,15,17)(H,18,19). The van der Waals surface area contributed by atoms with Crippen molar-refractivity contribution in [1.82, 2.24) is 5.32 Å². The number of carbonyl (C=O) groups excluding carboxylic acids is 2.